The lowest BCUT2D eigenvalue weighted by Gasteiger charge is -2.16. The van der Waals surface area contributed by atoms with E-state index in [4.69, 9.17) is 18.6 Å². The van der Waals surface area contributed by atoms with Crippen molar-refractivity contribution in [3.8, 4) is 28.7 Å². The summed E-state index contributed by atoms with van der Waals surface area (Å²) in [4.78, 5) is 16.3. The molecule has 1 N–H and O–H groups in total. The van der Waals surface area contributed by atoms with Gasteiger partial charge < -0.3 is 23.7 Å². The smallest absolute Gasteiger partial charge is 0.344 e. The van der Waals surface area contributed by atoms with Crippen molar-refractivity contribution in [3.05, 3.63) is 102 Å². The van der Waals surface area contributed by atoms with Crippen LogP contribution in [-0.4, -0.2) is 35.9 Å². The summed E-state index contributed by atoms with van der Waals surface area (Å²) in [6.07, 6.45) is 3.54. The van der Waals surface area contributed by atoms with Crippen molar-refractivity contribution >= 4 is 12.0 Å². The second-order valence-corrected chi connectivity index (χ2v) is 8.74. The lowest BCUT2D eigenvalue weighted by Crippen LogP contribution is -2.26. The Morgan fingerprint density at radius 3 is 2.54 bits per heavy atom. The summed E-state index contributed by atoms with van der Waals surface area (Å²) in [5.74, 6) is 1.13. The first kappa shape index (κ1) is 27.4. The third-order valence-corrected chi connectivity index (χ3v) is 5.99. The average molecular weight is 532 g/mol. The Labute approximate surface area is 226 Å². The first-order valence-electron chi connectivity index (χ1n) is 12.6. The number of allylic oxidation sites excluding steroid dienone is 1. The number of methoxy groups -OCH3 is 1. The molecule has 0 aliphatic carbocycles. The summed E-state index contributed by atoms with van der Waals surface area (Å²) in [5, 5.41) is 9.60. The lowest BCUT2D eigenvalue weighted by atomic mass is 10.1. The van der Waals surface area contributed by atoms with Crippen molar-refractivity contribution in [3.63, 3.8) is 0 Å². The lowest BCUT2D eigenvalue weighted by molar-refractivity contribution is -0.145. The van der Waals surface area contributed by atoms with Crippen molar-refractivity contribution in [2.45, 2.75) is 32.3 Å². The van der Waals surface area contributed by atoms with Crippen LogP contribution < -0.4 is 14.2 Å². The molecule has 1 aromatic heterocycles. The number of halogens is 1. The Balaban J connectivity index is 1.35. The molecule has 1 atom stereocenters. The SMILES string of the molecule is COc1ccccc1OC(CC/C=C/c1cc(F)ccc1OCCc1nc(-c2ccccc2)oc1C)C(=O)O. The summed E-state index contributed by atoms with van der Waals surface area (Å²) in [6, 6.07) is 20.8. The average Bonchev–Trinajstić information content (AvgIpc) is 3.32. The van der Waals surface area contributed by atoms with E-state index in [0.717, 1.165) is 17.0 Å². The molecule has 0 bridgehead atoms. The van der Waals surface area contributed by atoms with Gasteiger partial charge in [0.1, 0.15) is 17.3 Å². The summed E-state index contributed by atoms with van der Waals surface area (Å²) in [7, 11) is 1.49. The van der Waals surface area contributed by atoms with Gasteiger partial charge in [-0.1, -0.05) is 42.5 Å². The van der Waals surface area contributed by atoms with E-state index in [1.54, 1.807) is 42.5 Å². The number of aliphatic carboxylic acids is 1. The molecule has 0 spiro atoms. The van der Waals surface area contributed by atoms with E-state index >= 15 is 0 Å². The topological polar surface area (TPSA) is 91.0 Å². The summed E-state index contributed by atoms with van der Waals surface area (Å²) < 4.78 is 36.7. The number of carboxylic acid groups (broad SMARTS) is 1. The number of nitrogens with zero attached hydrogens (tertiary/aromatic N) is 1. The molecular weight excluding hydrogens is 501 g/mol. The van der Waals surface area contributed by atoms with E-state index < -0.39 is 17.9 Å². The zero-order chi connectivity index (χ0) is 27.6. The highest BCUT2D eigenvalue weighted by atomic mass is 19.1. The van der Waals surface area contributed by atoms with Crippen molar-refractivity contribution in [2.24, 2.45) is 0 Å². The van der Waals surface area contributed by atoms with Crippen molar-refractivity contribution in [2.75, 3.05) is 13.7 Å². The highest BCUT2D eigenvalue weighted by Gasteiger charge is 2.20. The first-order valence-corrected chi connectivity index (χ1v) is 12.6. The second kappa shape index (κ2) is 13.3. The van der Waals surface area contributed by atoms with E-state index in [2.05, 4.69) is 4.98 Å². The minimum absolute atomic E-state index is 0.213. The molecule has 4 rings (SSSR count). The van der Waals surface area contributed by atoms with Gasteiger partial charge in [0.05, 0.1) is 19.4 Å². The number of aryl methyl sites for hydroxylation is 1. The molecule has 0 aliphatic heterocycles. The molecule has 202 valence electrons. The Hall–Kier alpha value is -4.59. The molecule has 0 saturated heterocycles. The molecule has 3 aromatic carbocycles. The molecule has 1 unspecified atom stereocenters. The molecule has 0 amide bonds. The van der Waals surface area contributed by atoms with Crippen LogP contribution in [0.5, 0.6) is 17.2 Å². The van der Waals surface area contributed by atoms with E-state index in [0.29, 0.717) is 48.2 Å². The molecule has 0 aliphatic rings. The van der Waals surface area contributed by atoms with Gasteiger partial charge in [-0.2, -0.15) is 0 Å². The van der Waals surface area contributed by atoms with E-state index in [1.807, 2.05) is 37.3 Å². The summed E-state index contributed by atoms with van der Waals surface area (Å²) >= 11 is 0. The number of ether oxygens (including phenoxy) is 3. The van der Waals surface area contributed by atoms with Gasteiger partial charge in [-0.05, 0) is 62.2 Å². The third kappa shape index (κ3) is 7.47. The molecule has 8 heteroatoms. The minimum atomic E-state index is -1.08. The van der Waals surface area contributed by atoms with E-state index in [9.17, 15) is 14.3 Å². The van der Waals surface area contributed by atoms with Gasteiger partial charge in [0, 0.05) is 17.5 Å². The Morgan fingerprint density at radius 1 is 1.05 bits per heavy atom. The van der Waals surface area contributed by atoms with Crippen LogP contribution in [0, 0.1) is 12.7 Å². The maximum atomic E-state index is 14.0. The number of rotatable bonds is 13. The van der Waals surface area contributed by atoms with Crippen molar-refractivity contribution in [1.82, 2.24) is 4.98 Å². The van der Waals surface area contributed by atoms with Crippen molar-refractivity contribution < 1.29 is 32.9 Å². The molecule has 4 aromatic rings. The third-order valence-electron chi connectivity index (χ3n) is 5.99. The van der Waals surface area contributed by atoms with E-state index in [1.165, 1.54) is 19.2 Å². The zero-order valence-corrected chi connectivity index (χ0v) is 21.8. The van der Waals surface area contributed by atoms with Crippen LogP contribution in [-0.2, 0) is 11.2 Å². The van der Waals surface area contributed by atoms with Gasteiger partial charge in [0.15, 0.2) is 17.6 Å². The monoisotopic (exact) mass is 531 g/mol. The highest BCUT2D eigenvalue weighted by molar-refractivity contribution is 5.73. The van der Waals surface area contributed by atoms with Gasteiger partial charge in [0.25, 0.3) is 0 Å². The maximum Gasteiger partial charge on any atom is 0.344 e. The fourth-order valence-electron chi connectivity index (χ4n) is 3.96. The van der Waals surface area contributed by atoms with Crippen LogP contribution in [0.15, 0.2) is 83.3 Å². The molecule has 7 nitrogen and oxygen atoms in total. The first-order chi connectivity index (χ1) is 18.9. The number of carboxylic acids is 1. The van der Waals surface area contributed by atoms with Gasteiger partial charge in [-0.15, -0.1) is 0 Å². The maximum absolute atomic E-state index is 14.0. The fourth-order valence-corrected chi connectivity index (χ4v) is 3.96. The van der Waals surface area contributed by atoms with E-state index in [-0.39, 0.29) is 6.42 Å². The highest BCUT2D eigenvalue weighted by Crippen LogP contribution is 2.28. The number of para-hydroxylation sites is 2. The number of aromatic nitrogens is 1. The van der Waals surface area contributed by atoms with Crippen molar-refractivity contribution in [1.29, 1.82) is 0 Å². The largest absolute Gasteiger partial charge is 0.493 e. The number of hydrogen-bond donors (Lipinski definition) is 1. The minimum Gasteiger partial charge on any atom is -0.493 e. The Kier molecular flexibility index (Phi) is 9.34. The van der Waals surface area contributed by atoms with Crippen LogP contribution in [0.1, 0.15) is 29.9 Å². The predicted molar refractivity (Wildman–Crippen MR) is 146 cm³/mol. The summed E-state index contributed by atoms with van der Waals surface area (Å²) in [5.41, 5.74) is 2.24. The quantitative estimate of drug-likeness (QED) is 0.204. The van der Waals surface area contributed by atoms with Crippen LogP contribution in [0.25, 0.3) is 17.5 Å². The predicted octanol–water partition coefficient (Wildman–Crippen LogP) is 6.74. The second-order valence-electron chi connectivity index (χ2n) is 8.74. The molecule has 0 saturated carbocycles. The Morgan fingerprint density at radius 2 is 1.79 bits per heavy atom. The molecule has 1 heterocycles. The standard InChI is InChI=1S/C31H30FNO6/c1-21-25(33-30(38-21)22-10-4-3-5-11-22)18-19-37-26-17-16-24(32)20-23(26)12-6-7-15-29(31(34)35)39-28-14-9-8-13-27(28)36-2/h3-6,8-14,16-17,20,29H,7,15,18-19H2,1-2H3,(H,34,35)/b12-6+. The fraction of sp³-hybridized carbons (Fsp3) is 0.226. The number of oxazole rings is 1. The molecular formula is C31H30FNO6. The summed E-state index contributed by atoms with van der Waals surface area (Å²) in [6.45, 7) is 2.19. The van der Waals surface area contributed by atoms with Gasteiger partial charge >= 0.3 is 5.97 Å². The normalized spacial score (nSPS) is 11.9. The van der Waals surface area contributed by atoms with Gasteiger partial charge in [-0.3, -0.25) is 0 Å². The van der Waals surface area contributed by atoms with Gasteiger partial charge in [0.2, 0.25) is 5.89 Å². The number of carbonyl (C=O) groups is 1. The number of benzene rings is 3. The number of hydrogen-bond acceptors (Lipinski definition) is 6. The zero-order valence-electron chi connectivity index (χ0n) is 21.8. The van der Waals surface area contributed by atoms with Gasteiger partial charge in [-0.25, -0.2) is 14.2 Å². The van der Waals surface area contributed by atoms with Crippen LogP contribution >= 0.6 is 0 Å². The van der Waals surface area contributed by atoms with Crippen LogP contribution in [0.4, 0.5) is 4.39 Å². The molecule has 0 fully saturated rings. The Bertz CT molecular complexity index is 1420. The molecule has 39 heavy (non-hydrogen) atoms. The van der Waals surface area contributed by atoms with Crippen LogP contribution in [0.2, 0.25) is 0 Å². The molecule has 0 radical (unpaired) electrons. The van der Waals surface area contributed by atoms with Crippen LogP contribution in [0.3, 0.4) is 0 Å².